The first-order chi connectivity index (χ1) is 25.2. The zero-order valence-electron chi connectivity index (χ0n) is 27.9. The average Bonchev–Trinajstić information content (AvgIpc) is 3.49. The number of benzene rings is 8. The normalized spacial score (nSPS) is 12.6. The third-order valence-electron chi connectivity index (χ3n) is 10.4. The van der Waals surface area contributed by atoms with Crippen LogP contribution in [0.5, 0.6) is 11.5 Å². The molecular formula is C49H34O2. The second-order valence-corrected chi connectivity index (χ2v) is 13.1. The molecule has 0 radical (unpaired) electrons. The van der Waals surface area contributed by atoms with Crippen molar-refractivity contribution in [3.63, 3.8) is 0 Å². The zero-order valence-corrected chi connectivity index (χ0v) is 27.9. The second-order valence-electron chi connectivity index (χ2n) is 13.1. The highest BCUT2D eigenvalue weighted by Gasteiger charge is 2.49. The van der Waals surface area contributed by atoms with E-state index in [2.05, 4.69) is 97.1 Å². The van der Waals surface area contributed by atoms with Crippen LogP contribution < -0.4 is 0 Å². The number of hydrogen-bond donors (Lipinski definition) is 2. The van der Waals surface area contributed by atoms with E-state index in [0.717, 1.165) is 66.8 Å². The first-order valence-electron chi connectivity index (χ1n) is 17.3. The maximum atomic E-state index is 13.0. The van der Waals surface area contributed by atoms with Gasteiger partial charge in [-0.1, -0.05) is 194 Å². The standard InChI is InChI=1S/C49H34O2/c50-47-43(31-29-37(33-17-5-1-6-18-33)45(47)35-21-9-3-10-22-35)49(41-27-15-13-25-39(41)40-26-14-16-28-42(40)49)44-32-30-38(34-19-7-2-8-20-34)46(48(44)51)36-23-11-4-12-24-36/h1-32,50-51H. The van der Waals surface area contributed by atoms with Gasteiger partial charge in [-0.3, -0.25) is 0 Å². The van der Waals surface area contributed by atoms with Crippen molar-refractivity contribution in [2.75, 3.05) is 0 Å². The van der Waals surface area contributed by atoms with Gasteiger partial charge in [0, 0.05) is 22.3 Å². The van der Waals surface area contributed by atoms with Crippen LogP contribution in [-0.4, -0.2) is 10.2 Å². The Morgan fingerprint density at radius 1 is 0.255 bits per heavy atom. The van der Waals surface area contributed by atoms with Crippen molar-refractivity contribution >= 4 is 0 Å². The summed E-state index contributed by atoms with van der Waals surface area (Å²) < 4.78 is 0. The molecule has 2 heteroatoms. The molecule has 0 heterocycles. The van der Waals surface area contributed by atoms with Gasteiger partial charge in [-0.2, -0.15) is 0 Å². The van der Waals surface area contributed by atoms with Gasteiger partial charge < -0.3 is 10.2 Å². The Balaban J connectivity index is 1.44. The minimum absolute atomic E-state index is 0.182. The van der Waals surface area contributed by atoms with Crippen molar-refractivity contribution in [2.45, 2.75) is 5.41 Å². The van der Waals surface area contributed by atoms with E-state index in [0.29, 0.717) is 11.1 Å². The Kier molecular flexibility index (Phi) is 7.37. The van der Waals surface area contributed by atoms with Gasteiger partial charge in [0.05, 0.1) is 5.41 Å². The van der Waals surface area contributed by atoms with Crippen LogP contribution in [0, 0.1) is 0 Å². The molecule has 0 aromatic heterocycles. The molecule has 0 bridgehead atoms. The molecule has 8 aromatic rings. The van der Waals surface area contributed by atoms with E-state index in [9.17, 15) is 10.2 Å². The van der Waals surface area contributed by atoms with Gasteiger partial charge in [-0.05, 0) is 55.6 Å². The summed E-state index contributed by atoms with van der Waals surface area (Å²) in [6, 6.07) is 65.9. The van der Waals surface area contributed by atoms with E-state index in [1.165, 1.54) is 0 Å². The predicted molar refractivity (Wildman–Crippen MR) is 209 cm³/mol. The minimum atomic E-state index is -1.06. The van der Waals surface area contributed by atoms with Crippen LogP contribution in [0.3, 0.4) is 0 Å². The second kappa shape index (κ2) is 12.4. The van der Waals surface area contributed by atoms with Gasteiger partial charge in [0.2, 0.25) is 0 Å². The summed E-state index contributed by atoms with van der Waals surface area (Å²) in [6.07, 6.45) is 0. The summed E-state index contributed by atoms with van der Waals surface area (Å²) >= 11 is 0. The van der Waals surface area contributed by atoms with Crippen LogP contribution >= 0.6 is 0 Å². The Morgan fingerprint density at radius 3 is 0.941 bits per heavy atom. The predicted octanol–water partition coefficient (Wildman–Crippen LogP) is 12.1. The van der Waals surface area contributed by atoms with E-state index >= 15 is 0 Å². The largest absolute Gasteiger partial charge is 0.507 e. The van der Waals surface area contributed by atoms with Crippen molar-refractivity contribution in [2.24, 2.45) is 0 Å². The molecule has 1 aliphatic rings. The highest BCUT2D eigenvalue weighted by Crippen LogP contribution is 2.62. The summed E-state index contributed by atoms with van der Waals surface area (Å²) in [5, 5.41) is 25.9. The van der Waals surface area contributed by atoms with Gasteiger partial charge in [0.1, 0.15) is 11.5 Å². The third kappa shape index (κ3) is 4.72. The SMILES string of the molecule is Oc1c(C2(c3ccc(-c4ccccc4)c(-c4ccccc4)c3O)c3ccccc3-c3ccccc32)ccc(-c2ccccc2)c1-c1ccccc1. The molecule has 0 saturated heterocycles. The lowest BCUT2D eigenvalue weighted by molar-refractivity contribution is 0.450. The Bertz CT molecular complexity index is 2340. The van der Waals surface area contributed by atoms with Gasteiger partial charge in [-0.15, -0.1) is 0 Å². The molecule has 0 aliphatic heterocycles. The molecule has 2 N–H and O–H groups in total. The highest BCUT2D eigenvalue weighted by molar-refractivity contribution is 5.95. The summed E-state index contributed by atoms with van der Waals surface area (Å²) in [4.78, 5) is 0. The molecule has 9 rings (SSSR count). The lowest BCUT2D eigenvalue weighted by Crippen LogP contribution is -2.29. The molecular weight excluding hydrogens is 621 g/mol. The topological polar surface area (TPSA) is 40.5 Å². The summed E-state index contributed by atoms with van der Waals surface area (Å²) in [5.74, 6) is 0.365. The van der Waals surface area contributed by atoms with Crippen molar-refractivity contribution in [1.29, 1.82) is 0 Å². The smallest absolute Gasteiger partial charge is 0.128 e. The molecule has 2 nitrogen and oxygen atoms in total. The van der Waals surface area contributed by atoms with E-state index in [4.69, 9.17) is 0 Å². The fourth-order valence-electron chi connectivity index (χ4n) is 8.26. The van der Waals surface area contributed by atoms with E-state index in [-0.39, 0.29) is 11.5 Å². The number of hydrogen-bond acceptors (Lipinski definition) is 2. The van der Waals surface area contributed by atoms with Crippen LogP contribution in [0.4, 0.5) is 0 Å². The number of phenols is 2. The summed E-state index contributed by atoms with van der Waals surface area (Å²) in [5.41, 5.74) is 11.8. The molecule has 0 atom stereocenters. The van der Waals surface area contributed by atoms with Crippen molar-refractivity contribution in [3.05, 3.63) is 216 Å². The van der Waals surface area contributed by atoms with Crippen LogP contribution in [-0.2, 0) is 5.41 Å². The Labute approximate surface area is 298 Å². The first kappa shape index (κ1) is 30.4. The molecule has 0 unspecified atom stereocenters. The average molecular weight is 655 g/mol. The van der Waals surface area contributed by atoms with Crippen LogP contribution in [0.1, 0.15) is 22.3 Å². The Hall–Kier alpha value is -6.64. The number of phenolic OH excluding ortho intramolecular Hbond substituents is 2. The quantitative estimate of drug-likeness (QED) is 0.187. The number of aromatic hydroxyl groups is 2. The van der Waals surface area contributed by atoms with Crippen LogP contribution in [0.2, 0.25) is 0 Å². The van der Waals surface area contributed by atoms with Gasteiger partial charge >= 0.3 is 0 Å². The van der Waals surface area contributed by atoms with Gasteiger partial charge in [-0.25, -0.2) is 0 Å². The van der Waals surface area contributed by atoms with Crippen molar-refractivity contribution < 1.29 is 10.2 Å². The van der Waals surface area contributed by atoms with E-state index in [1.54, 1.807) is 0 Å². The maximum absolute atomic E-state index is 13.0. The fraction of sp³-hybridized carbons (Fsp3) is 0.0204. The first-order valence-corrected chi connectivity index (χ1v) is 17.3. The monoisotopic (exact) mass is 654 g/mol. The lowest BCUT2D eigenvalue weighted by Gasteiger charge is -2.36. The Morgan fingerprint density at radius 2 is 0.569 bits per heavy atom. The van der Waals surface area contributed by atoms with Crippen molar-refractivity contribution in [3.8, 4) is 67.1 Å². The third-order valence-corrected chi connectivity index (χ3v) is 10.4. The number of rotatable bonds is 6. The number of fused-ring (bicyclic) bond motifs is 3. The molecule has 1 aliphatic carbocycles. The lowest BCUT2D eigenvalue weighted by atomic mass is 9.65. The fourth-order valence-corrected chi connectivity index (χ4v) is 8.26. The molecule has 51 heavy (non-hydrogen) atoms. The van der Waals surface area contributed by atoms with Crippen LogP contribution in [0.15, 0.2) is 194 Å². The van der Waals surface area contributed by atoms with Crippen LogP contribution in [0.25, 0.3) is 55.6 Å². The van der Waals surface area contributed by atoms with Crippen molar-refractivity contribution in [1.82, 2.24) is 0 Å². The van der Waals surface area contributed by atoms with E-state index in [1.807, 2.05) is 97.1 Å². The highest BCUT2D eigenvalue weighted by atomic mass is 16.3. The maximum Gasteiger partial charge on any atom is 0.128 e. The molecule has 242 valence electrons. The molecule has 0 spiro atoms. The summed E-state index contributed by atoms with van der Waals surface area (Å²) in [6.45, 7) is 0. The van der Waals surface area contributed by atoms with Gasteiger partial charge in [0.15, 0.2) is 0 Å². The van der Waals surface area contributed by atoms with Gasteiger partial charge in [0.25, 0.3) is 0 Å². The zero-order chi connectivity index (χ0) is 34.4. The molecule has 0 fully saturated rings. The summed E-state index contributed by atoms with van der Waals surface area (Å²) in [7, 11) is 0. The molecule has 8 aromatic carbocycles. The van der Waals surface area contributed by atoms with E-state index < -0.39 is 5.41 Å². The molecule has 0 amide bonds. The molecule has 0 saturated carbocycles. The minimum Gasteiger partial charge on any atom is -0.507 e.